The number of rotatable bonds is 7. The number of non-ortho nitro benzene ring substituents is 1. The summed E-state index contributed by atoms with van der Waals surface area (Å²) in [6.45, 7) is 2.45. The number of nitro benzene ring substituents is 1. The highest BCUT2D eigenvalue weighted by molar-refractivity contribution is 8.18. The Kier molecular flexibility index (Phi) is 6.55. The first kappa shape index (κ1) is 22.3. The lowest BCUT2D eigenvalue weighted by atomic mass is 10.1. The molecule has 1 saturated heterocycles. The standard InChI is InChI=1S/C25H20N2O5S/c1-17-4-2-6-20(12-17)15-26-24(28)23(33-25(26)29)14-19-5-3-7-22(13-19)32-16-18-8-10-21(11-9-18)27(30)31/h2-14H,15-16H2,1H3/b23-14+. The molecule has 8 heteroatoms. The second-order valence-corrected chi connectivity index (χ2v) is 8.53. The Labute approximate surface area is 194 Å². The van der Waals surface area contributed by atoms with E-state index < -0.39 is 4.92 Å². The van der Waals surface area contributed by atoms with E-state index in [0.29, 0.717) is 10.7 Å². The van der Waals surface area contributed by atoms with Gasteiger partial charge in [-0.1, -0.05) is 42.0 Å². The van der Waals surface area contributed by atoms with E-state index in [1.807, 2.05) is 37.3 Å². The molecule has 2 amide bonds. The Balaban J connectivity index is 1.43. The summed E-state index contributed by atoms with van der Waals surface area (Å²) in [6.07, 6.45) is 1.68. The Bertz CT molecular complexity index is 1250. The number of thioether (sulfide) groups is 1. The molecule has 0 aromatic heterocycles. The number of carbonyl (C=O) groups excluding carboxylic acids is 2. The zero-order valence-corrected chi connectivity index (χ0v) is 18.6. The maximum absolute atomic E-state index is 12.8. The number of hydrogen-bond acceptors (Lipinski definition) is 6. The fourth-order valence-corrected chi connectivity index (χ4v) is 4.19. The van der Waals surface area contributed by atoms with Crippen LogP contribution in [0.1, 0.15) is 22.3 Å². The molecule has 0 spiro atoms. The van der Waals surface area contributed by atoms with Crippen LogP contribution in [0.2, 0.25) is 0 Å². The van der Waals surface area contributed by atoms with Crippen molar-refractivity contribution in [3.63, 3.8) is 0 Å². The smallest absolute Gasteiger partial charge is 0.293 e. The van der Waals surface area contributed by atoms with Gasteiger partial charge in [-0.05, 0) is 65.7 Å². The number of nitrogens with zero attached hydrogens (tertiary/aromatic N) is 2. The highest BCUT2D eigenvalue weighted by Gasteiger charge is 2.35. The lowest BCUT2D eigenvalue weighted by molar-refractivity contribution is -0.384. The van der Waals surface area contributed by atoms with Crippen LogP contribution < -0.4 is 4.74 Å². The predicted molar refractivity (Wildman–Crippen MR) is 127 cm³/mol. The largest absolute Gasteiger partial charge is 0.489 e. The average molecular weight is 461 g/mol. The van der Waals surface area contributed by atoms with Gasteiger partial charge in [0.1, 0.15) is 12.4 Å². The van der Waals surface area contributed by atoms with Crippen molar-refractivity contribution in [1.82, 2.24) is 4.90 Å². The molecule has 0 radical (unpaired) electrons. The van der Waals surface area contributed by atoms with E-state index in [1.54, 1.807) is 36.4 Å². The van der Waals surface area contributed by atoms with Crippen molar-refractivity contribution in [2.75, 3.05) is 0 Å². The fraction of sp³-hybridized carbons (Fsp3) is 0.120. The number of benzene rings is 3. The van der Waals surface area contributed by atoms with Gasteiger partial charge < -0.3 is 4.74 Å². The monoisotopic (exact) mass is 460 g/mol. The van der Waals surface area contributed by atoms with Gasteiger partial charge in [-0.3, -0.25) is 24.6 Å². The molecule has 1 heterocycles. The number of amides is 2. The molecular weight excluding hydrogens is 440 g/mol. The molecular formula is C25H20N2O5S. The molecule has 1 aliphatic rings. The van der Waals surface area contributed by atoms with Crippen molar-refractivity contribution in [2.24, 2.45) is 0 Å². The summed E-state index contributed by atoms with van der Waals surface area (Å²) in [5.74, 6) is 0.268. The molecule has 1 aliphatic heterocycles. The van der Waals surface area contributed by atoms with Crippen LogP contribution in [0.15, 0.2) is 77.7 Å². The second-order valence-electron chi connectivity index (χ2n) is 7.54. The van der Waals surface area contributed by atoms with Gasteiger partial charge in [-0.15, -0.1) is 0 Å². The fourth-order valence-electron chi connectivity index (χ4n) is 3.36. The molecule has 1 fully saturated rings. The number of hydrogen-bond donors (Lipinski definition) is 0. The van der Waals surface area contributed by atoms with E-state index in [9.17, 15) is 19.7 Å². The molecule has 0 saturated carbocycles. The Morgan fingerprint density at radius 3 is 2.48 bits per heavy atom. The van der Waals surface area contributed by atoms with Gasteiger partial charge in [0.15, 0.2) is 0 Å². The number of carbonyl (C=O) groups is 2. The van der Waals surface area contributed by atoms with Crippen LogP contribution in [-0.4, -0.2) is 21.0 Å². The van der Waals surface area contributed by atoms with Gasteiger partial charge in [-0.2, -0.15) is 0 Å². The van der Waals surface area contributed by atoms with Gasteiger partial charge in [0, 0.05) is 12.1 Å². The van der Waals surface area contributed by atoms with Crippen LogP contribution in [0, 0.1) is 17.0 Å². The van der Waals surface area contributed by atoms with Crippen molar-refractivity contribution in [2.45, 2.75) is 20.1 Å². The van der Waals surface area contributed by atoms with E-state index in [1.165, 1.54) is 17.0 Å². The average Bonchev–Trinajstić information content (AvgIpc) is 3.05. The Morgan fingerprint density at radius 2 is 1.76 bits per heavy atom. The molecule has 0 bridgehead atoms. The van der Waals surface area contributed by atoms with Gasteiger partial charge in [0.2, 0.25) is 0 Å². The highest BCUT2D eigenvalue weighted by Crippen LogP contribution is 2.33. The third-order valence-electron chi connectivity index (χ3n) is 5.01. The normalized spacial score (nSPS) is 14.7. The highest BCUT2D eigenvalue weighted by atomic mass is 32.2. The molecule has 33 heavy (non-hydrogen) atoms. The van der Waals surface area contributed by atoms with E-state index in [2.05, 4.69) is 0 Å². The topological polar surface area (TPSA) is 89.8 Å². The Morgan fingerprint density at radius 1 is 1.00 bits per heavy atom. The van der Waals surface area contributed by atoms with Crippen LogP contribution in [0.25, 0.3) is 6.08 Å². The van der Waals surface area contributed by atoms with E-state index >= 15 is 0 Å². The van der Waals surface area contributed by atoms with E-state index in [0.717, 1.165) is 34.0 Å². The van der Waals surface area contributed by atoms with Crippen molar-refractivity contribution in [1.29, 1.82) is 0 Å². The first-order valence-corrected chi connectivity index (χ1v) is 11.0. The van der Waals surface area contributed by atoms with Crippen LogP contribution >= 0.6 is 11.8 Å². The summed E-state index contributed by atoms with van der Waals surface area (Å²) in [5, 5.41) is 10.5. The van der Waals surface area contributed by atoms with Crippen LogP contribution in [0.3, 0.4) is 0 Å². The van der Waals surface area contributed by atoms with E-state index in [4.69, 9.17) is 4.74 Å². The third-order valence-corrected chi connectivity index (χ3v) is 5.91. The molecule has 0 atom stereocenters. The van der Waals surface area contributed by atoms with Crippen molar-refractivity contribution < 1.29 is 19.2 Å². The van der Waals surface area contributed by atoms with Gasteiger partial charge in [0.25, 0.3) is 16.8 Å². The minimum Gasteiger partial charge on any atom is -0.489 e. The molecule has 0 unspecified atom stereocenters. The van der Waals surface area contributed by atoms with Crippen LogP contribution in [-0.2, 0) is 17.9 Å². The lowest BCUT2D eigenvalue weighted by Gasteiger charge is -2.12. The maximum atomic E-state index is 12.8. The zero-order valence-electron chi connectivity index (χ0n) is 17.8. The predicted octanol–water partition coefficient (Wildman–Crippen LogP) is 5.72. The number of aryl methyl sites for hydroxylation is 1. The first-order chi connectivity index (χ1) is 15.9. The number of nitro groups is 1. The van der Waals surface area contributed by atoms with Crippen LogP contribution in [0.4, 0.5) is 10.5 Å². The number of imide groups is 1. The third kappa shape index (κ3) is 5.48. The molecule has 7 nitrogen and oxygen atoms in total. The maximum Gasteiger partial charge on any atom is 0.293 e. The minimum absolute atomic E-state index is 0.0251. The summed E-state index contributed by atoms with van der Waals surface area (Å²) < 4.78 is 5.79. The van der Waals surface area contributed by atoms with Gasteiger partial charge in [0.05, 0.1) is 16.4 Å². The molecule has 0 aliphatic carbocycles. The lowest BCUT2D eigenvalue weighted by Crippen LogP contribution is -2.27. The SMILES string of the molecule is Cc1cccc(CN2C(=O)S/C(=C/c3cccc(OCc4ccc([N+](=O)[O-])cc4)c3)C2=O)c1. The minimum atomic E-state index is -0.448. The summed E-state index contributed by atoms with van der Waals surface area (Å²) in [7, 11) is 0. The van der Waals surface area contributed by atoms with E-state index in [-0.39, 0.29) is 30.0 Å². The van der Waals surface area contributed by atoms with Crippen LogP contribution in [0.5, 0.6) is 5.75 Å². The van der Waals surface area contributed by atoms with Gasteiger partial charge in [-0.25, -0.2) is 0 Å². The molecule has 4 rings (SSSR count). The zero-order chi connectivity index (χ0) is 23.4. The molecule has 166 valence electrons. The number of ether oxygens (including phenoxy) is 1. The summed E-state index contributed by atoms with van der Waals surface area (Å²) in [4.78, 5) is 37.2. The molecule has 3 aromatic carbocycles. The quantitative estimate of drug-likeness (QED) is 0.255. The second kappa shape index (κ2) is 9.70. The van der Waals surface area contributed by atoms with Crippen molar-refractivity contribution in [3.05, 3.63) is 110 Å². The summed E-state index contributed by atoms with van der Waals surface area (Å²) in [6, 6.07) is 21.1. The molecule has 0 N–H and O–H groups in total. The van der Waals surface area contributed by atoms with Crippen molar-refractivity contribution in [3.8, 4) is 5.75 Å². The van der Waals surface area contributed by atoms with Crippen molar-refractivity contribution >= 4 is 34.7 Å². The first-order valence-electron chi connectivity index (χ1n) is 10.2. The molecule has 3 aromatic rings. The summed E-state index contributed by atoms with van der Waals surface area (Å²) in [5.41, 5.74) is 3.53. The van der Waals surface area contributed by atoms with Gasteiger partial charge >= 0.3 is 0 Å². The summed E-state index contributed by atoms with van der Waals surface area (Å²) >= 11 is 0.922. The Hall–Kier alpha value is -3.91.